The summed E-state index contributed by atoms with van der Waals surface area (Å²) in [6, 6.07) is 12.5. The summed E-state index contributed by atoms with van der Waals surface area (Å²) in [6.45, 7) is 0. The molecule has 4 rings (SSSR count). The summed E-state index contributed by atoms with van der Waals surface area (Å²) in [5.41, 5.74) is 1.62. The largest absolute Gasteiger partial charge is 0.310 e. The smallest absolute Gasteiger partial charge is 0.257 e. The number of carbonyl (C=O) groups excluding carboxylic acids is 1. The number of hydrogen-bond donors (Lipinski definition) is 2. The molecule has 3 aromatic rings. The summed E-state index contributed by atoms with van der Waals surface area (Å²) >= 11 is 19.9. The number of H-pyrrole nitrogens is 1. The van der Waals surface area contributed by atoms with Gasteiger partial charge in [-0.1, -0.05) is 64.8 Å². The summed E-state index contributed by atoms with van der Waals surface area (Å²) in [6.07, 6.45) is 0.0679. The molecule has 9 heteroatoms. The summed E-state index contributed by atoms with van der Waals surface area (Å²) in [7, 11) is 0. The normalized spacial score (nSPS) is 15.7. The Morgan fingerprint density at radius 3 is 2.38 bits per heavy atom. The predicted molar refractivity (Wildman–Crippen MR) is 117 cm³/mol. The fraction of sp³-hybridized carbons (Fsp3) is 0.150. The van der Waals surface area contributed by atoms with Crippen molar-refractivity contribution in [3.8, 4) is 0 Å². The van der Waals surface area contributed by atoms with E-state index in [1.54, 1.807) is 30.3 Å². The SMILES string of the molecule is O=C1CC(c2c(Cl)cccc2Cl)c2c(nc(SCc3ccc(Cl)cc3)[nH]c2=O)N1. The predicted octanol–water partition coefficient (Wildman–Crippen LogP) is 5.50. The molecule has 0 saturated heterocycles. The monoisotopic (exact) mass is 465 g/mol. The standard InChI is InChI=1S/C20H14Cl3N3O2S/c21-11-6-4-10(5-7-11)9-29-20-25-18-17(19(28)26-20)12(8-15(27)24-18)16-13(22)2-1-3-14(16)23/h1-7,12H,8-9H2,(H2,24,25,26,27,28). The van der Waals surface area contributed by atoms with E-state index in [2.05, 4.69) is 15.3 Å². The van der Waals surface area contributed by atoms with E-state index in [-0.39, 0.29) is 23.7 Å². The quantitative estimate of drug-likeness (QED) is 0.393. The highest BCUT2D eigenvalue weighted by molar-refractivity contribution is 7.98. The van der Waals surface area contributed by atoms with Crippen molar-refractivity contribution in [3.63, 3.8) is 0 Å². The van der Waals surface area contributed by atoms with Crippen molar-refractivity contribution in [1.82, 2.24) is 9.97 Å². The van der Waals surface area contributed by atoms with Gasteiger partial charge in [-0.2, -0.15) is 0 Å². The summed E-state index contributed by atoms with van der Waals surface area (Å²) in [5.74, 6) is 0.0217. The van der Waals surface area contributed by atoms with Crippen molar-refractivity contribution in [3.05, 3.63) is 84.6 Å². The van der Waals surface area contributed by atoms with Gasteiger partial charge in [0.25, 0.3) is 5.56 Å². The van der Waals surface area contributed by atoms with Gasteiger partial charge < -0.3 is 10.3 Å². The molecule has 1 aliphatic rings. The molecule has 148 valence electrons. The van der Waals surface area contributed by atoms with Crippen LogP contribution in [0.2, 0.25) is 15.1 Å². The van der Waals surface area contributed by atoms with Crippen molar-refractivity contribution >= 4 is 58.3 Å². The fourth-order valence-corrected chi connectivity index (χ4v) is 4.84. The van der Waals surface area contributed by atoms with E-state index in [0.717, 1.165) is 5.56 Å². The first kappa shape index (κ1) is 20.3. The number of amides is 1. The van der Waals surface area contributed by atoms with Gasteiger partial charge in [-0.25, -0.2) is 4.98 Å². The molecule has 2 N–H and O–H groups in total. The Hall–Kier alpha value is -1.99. The van der Waals surface area contributed by atoms with Crippen LogP contribution in [-0.4, -0.2) is 15.9 Å². The molecule has 0 spiro atoms. The number of nitrogens with one attached hydrogen (secondary N) is 2. The first-order valence-electron chi connectivity index (χ1n) is 8.67. The molecule has 1 aliphatic heterocycles. The van der Waals surface area contributed by atoms with Crippen molar-refractivity contribution in [2.24, 2.45) is 0 Å². The summed E-state index contributed by atoms with van der Waals surface area (Å²) in [5, 5.41) is 4.58. The van der Waals surface area contributed by atoms with Crippen LogP contribution in [0.15, 0.2) is 52.4 Å². The molecule has 1 aromatic heterocycles. The van der Waals surface area contributed by atoms with Gasteiger partial charge in [-0.3, -0.25) is 9.59 Å². The van der Waals surface area contributed by atoms with Crippen LogP contribution in [0.4, 0.5) is 5.82 Å². The number of aromatic nitrogens is 2. The van der Waals surface area contributed by atoms with Crippen LogP contribution >= 0.6 is 46.6 Å². The van der Waals surface area contributed by atoms with Gasteiger partial charge in [0.05, 0.1) is 5.56 Å². The number of nitrogens with zero attached hydrogens (tertiary/aromatic N) is 1. The van der Waals surface area contributed by atoms with Crippen LogP contribution in [-0.2, 0) is 10.5 Å². The maximum absolute atomic E-state index is 12.9. The highest BCUT2D eigenvalue weighted by Gasteiger charge is 2.33. The van der Waals surface area contributed by atoms with Gasteiger partial charge in [-0.05, 0) is 35.4 Å². The molecule has 0 aliphatic carbocycles. The van der Waals surface area contributed by atoms with Gasteiger partial charge in [0.2, 0.25) is 5.91 Å². The summed E-state index contributed by atoms with van der Waals surface area (Å²) in [4.78, 5) is 32.4. The minimum Gasteiger partial charge on any atom is -0.310 e. The molecular formula is C20H14Cl3N3O2S. The Balaban J connectivity index is 1.69. The van der Waals surface area contributed by atoms with Gasteiger partial charge in [0.15, 0.2) is 5.16 Å². The summed E-state index contributed by atoms with van der Waals surface area (Å²) < 4.78 is 0. The topological polar surface area (TPSA) is 74.8 Å². The molecule has 29 heavy (non-hydrogen) atoms. The van der Waals surface area contributed by atoms with Crippen LogP contribution in [0.1, 0.15) is 29.0 Å². The number of thioether (sulfide) groups is 1. The number of anilines is 1. The van der Waals surface area contributed by atoms with Crippen molar-refractivity contribution in [2.45, 2.75) is 23.2 Å². The first-order chi connectivity index (χ1) is 13.9. The second kappa shape index (κ2) is 8.40. The average molecular weight is 467 g/mol. The Morgan fingerprint density at radius 2 is 1.69 bits per heavy atom. The Kier molecular flexibility index (Phi) is 5.88. The number of fused-ring (bicyclic) bond motifs is 1. The number of aromatic amines is 1. The Morgan fingerprint density at radius 1 is 1.00 bits per heavy atom. The maximum atomic E-state index is 12.9. The number of hydrogen-bond acceptors (Lipinski definition) is 4. The van der Waals surface area contributed by atoms with Gasteiger partial charge >= 0.3 is 0 Å². The molecule has 0 saturated carbocycles. The second-order valence-electron chi connectivity index (χ2n) is 6.49. The van der Waals surface area contributed by atoms with Crippen molar-refractivity contribution in [2.75, 3.05) is 5.32 Å². The Labute approximate surface area is 185 Å². The average Bonchev–Trinajstić information content (AvgIpc) is 2.67. The lowest BCUT2D eigenvalue weighted by molar-refractivity contribution is -0.116. The highest BCUT2D eigenvalue weighted by Crippen LogP contribution is 2.41. The number of rotatable bonds is 4. The van der Waals surface area contributed by atoms with Gasteiger partial charge in [0, 0.05) is 33.2 Å². The van der Waals surface area contributed by atoms with Crippen molar-refractivity contribution in [1.29, 1.82) is 0 Å². The zero-order valence-electron chi connectivity index (χ0n) is 14.8. The molecule has 0 radical (unpaired) electrons. The van der Waals surface area contributed by atoms with E-state index >= 15 is 0 Å². The van der Waals surface area contributed by atoms with Crippen LogP contribution in [0.25, 0.3) is 0 Å². The molecule has 1 amide bonds. The van der Waals surface area contributed by atoms with E-state index in [1.165, 1.54) is 11.8 Å². The molecule has 5 nitrogen and oxygen atoms in total. The zero-order valence-corrected chi connectivity index (χ0v) is 17.9. The fourth-order valence-electron chi connectivity index (χ4n) is 3.24. The zero-order chi connectivity index (χ0) is 20.5. The minimum atomic E-state index is -0.563. The van der Waals surface area contributed by atoms with Gasteiger partial charge in [-0.15, -0.1) is 0 Å². The van der Waals surface area contributed by atoms with E-state index in [0.29, 0.717) is 37.1 Å². The molecule has 0 bridgehead atoms. The van der Waals surface area contributed by atoms with Crippen LogP contribution < -0.4 is 10.9 Å². The van der Waals surface area contributed by atoms with E-state index in [1.807, 2.05) is 12.1 Å². The molecular weight excluding hydrogens is 453 g/mol. The maximum Gasteiger partial charge on any atom is 0.257 e. The van der Waals surface area contributed by atoms with Gasteiger partial charge in [0.1, 0.15) is 5.82 Å². The molecule has 2 aromatic carbocycles. The minimum absolute atomic E-state index is 0.0679. The Bertz CT molecular complexity index is 1130. The molecule has 1 unspecified atom stereocenters. The lowest BCUT2D eigenvalue weighted by Gasteiger charge is -2.25. The number of benzene rings is 2. The second-order valence-corrected chi connectivity index (χ2v) is 8.70. The lowest BCUT2D eigenvalue weighted by Crippen LogP contribution is -2.31. The number of carbonyl (C=O) groups is 1. The van der Waals surface area contributed by atoms with E-state index in [4.69, 9.17) is 34.8 Å². The lowest BCUT2D eigenvalue weighted by atomic mass is 9.87. The van der Waals surface area contributed by atoms with Crippen LogP contribution in [0.5, 0.6) is 0 Å². The third kappa shape index (κ3) is 4.31. The van der Waals surface area contributed by atoms with E-state index < -0.39 is 5.92 Å². The third-order valence-corrected chi connectivity index (χ3v) is 6.42. The highest BCUT2D eigenvalue weighted by atomic mass is 35.5. The number of halogens is 3. The first-order valence-corrected chi connectivity index (χ1v) is 10.8. The van der Waals surface area contributed by atoms with Crippen LogP contribution in [0.3, 0.4) is 0 Å². The molecule has 1 atom stereocenters. The van der Waals surface area contributed by atoms with E-state index in [9.17, 15) is 9.59 Å². The third-order valence-electron chi connectivity index (χ3n) is 4.57. The molecule has 2 heterocycles. The van der Waals surface area contributed by atoms with Crippen LogP contribution in [0, 0.1) is 0 Å². The van der Waals surface area contributed by atoms with Crippen molar-refractivity contribution < 1.29 is 4.79 Å². The molecule has 0 fully saturated rings.